The molecule has 0 radical (unpaired) electrons. The van der Waals surface area contributed by atoms with Gasteiger partial charge in [0, 0.05) is 23.9 Å². The maximum absolute atomic E-state index is 13.4. The lowest BCUT2D eigenvalue weighted by Gasteiger charge is -2.50. The minimum atomic E-state index is -2.56. The van der Waals surface area contributed by atoms with Crippen LogP contribution in [0.1, 0.15) is 17.8 Å². The van der Waals surface area contributed by atoms with Crippen LogP contribution in [0.5, 0.6) is 0 Å². The standard InChI is InChI=1S/C19H20N4O6/c1-23(2)13-8-5-7-6-9-12(22-4-3-21-9)14(24)10(7)16(26)19(8,29)17(27)11(15(13)25)18(20)28/h3-4,7-8,13,24,27,29H,5-6H2,1-2H3,(H2,20,28)/t7-,8+,13+,19+/m1/s1. The number of Topliss-reactive ketones (excluding diaryl/α,β-unsaturated/α-hetero) is 2. The molecule has 3 aliphatic carbocycles. The number of nitrogens with zero attached hydrogens (tertiary/aromatic N) is 3. The van der Waals surface area contributed by atoms with Gasteiger partial charge in [-0.25, -0.2) is 4.98 Å². The van der Waals surface area contributed by atoms with Crippen LogP contribution >= 0.6 is 0 Å². The van der Waals surface area contributed by atoms with Gasteiger partial charge in [0.15, 0.2) is 11.4 Å². The van der Waals surface area contributed by atoms with Gasteiger partial charge in [-0.3, -0.25) is 24.3 Å². The molecule has 0 bridgehead atoms. The van der Waals surface area contributed by atoms with E-state index in [9.17, 15) is 29.7 Å². The Morgan fingerprint density at radius 2 is 1.90 bits per heavy atom. The number of fused-ring (bicyclic) bond motifs is 3. The van der Waals surface area contributed by atoms with E-state index in [1.165, 1.54) is 17.3 Å². The monoisotopic (exact) mass is 400 g/mol. The normalized spacial score (nSPS) is 31.5. The largest absolute Gasteiger partial charge is 0.508 e. The zero-order valence-corrected chi connectivity index (χ0v) is 15.8. The van der Waals surface area contributed by atoms with Gasteiger partial charge in [0.2, 0.25) is 5.78 Å². The highest BCUT2D eigenvalue weighted by molar-refractivity contribution is 6.24. The van der Waals surface area contributed by atoms with Gasteiger partial charge in [-0.2, -0.15) is 0 Å². The van der Waals surface area contributed by atoms with Gasteiger partial charge in [0.25, 0.3) is 5.91 Å². The molecule has 1 aromatic rings. The number of likely N-dealkylation sites (N-methyl/N-ethyl adjacent to an activating group) is 1. The van der Waals surface area contributed by atoms with E-state index in [1.54, 1.807) is 14.1 Å². The molecule has 10 nitrogen and oxygen atoms in total. The molecule has 4 rings (SSSR count). The molecule has 1 amide bonds. The molecule has 0 aromatic carbocycles. The topological polar surface area (TPSA) is 167 Å². The molecule has 0 unspecified atom stereocenters. The van der Waals surface area contributed by atoms with Crippen LogP contribution in [0, 0.1) is 11.8 Å². The van der Waals surface area contributed by atoms with Crippen LogP contribution in [0.15, 0.2) is 29.3 Å². The van der Waals surface area contributed by atoms with Crippen molar-refractivity contribution in [2.75, 3.05) is 14.1 Å². The van der Waals surface area contributed by atoms with Crippen LogP contribution in [0.2, 0.25) is 0 Å². The first-order chi connectivity index (χ1) is 13.6. The molecule has 5 N–H and O–H groups in total. The SMILES string of the molecule is CN(C)[C@@H]1C(=O)C(C(N)=O)=C(O)[C@@]2(O)C(=O)C3=C(O)c4nccnc4C[C@H]3C[C@@H]12. The molecule has 3 aliphatic rings. The lowest BCUT2D eigenvalue weighted by Crippen LogP contribution is -2.65. The molecule has 1 fully saturated rings. The van der Waals surface area contributed by atoms with Crippen molar-refractivity contribution < 1.29 is 29.7 Å². The molecule has 1 saturated carbocycles. The second-order valence-corrected chi connectivity index (χ2v) is 7.81. The van der Waals surface area contributed by atoms with Crippen LogP contribution < -0.4 is 5.73 Å². The lowest BCUT2D eigenvalue weighted by atomic mass is 9.58. The number of primary amides is 1. The first kappa shape index (κ1) is 19.2. The molecule has 152 valence electrons. The third-order valence-electron chi connectivity index (χ3n) is 6.06. The van der Waals surface area contributed by atoms with Gasteiger partial charge < -0.3 is 21.1 Å². The quantitative estimate of drug-likeness (QED) is 0.457. The third kappa shape index (κ3) is 2.39. The number of hydrogen-bond donors (Lipinski definition) is 4. The highest BCUT2D eigenvalue weighted by atomic mass is 16.3. The fourth-order valence-electron chi connectivity index (χ4n) is 4.83. The summed E-state index contributed by atoms with van der Waals surface area (Å²) in [5.74, 6) is -6.02. The number of carbonyl (C=O) groups excluding carboxylic acids is 3. The summed E-state index contributed by atoms with van der Waals surface area (Å²) in [6.07, 6.45) is 3.22. The fraction of sp³-hybridized carbons (Fsp3) is 0.421. The molecular formula is C19H20N4O6. The van der Waals surface area contributed by atoms with Gasteiger partial charge in [0.1, 0.15) is 22.8 Å². The smallest absolute Gasteiger partial charge is 0.255 e. The fourth-order valence-corrected chi connectivity index (χ4v) is 4.83. The molecule has 29 heavy (non-hydrogen) atoms. The molecule has 0 saturated heterocycles. The van der Waals surface area contributed by atoms with E-state index in [0.717, 1.165) is 0 Å². The number of aliphatic hydroxyl groups excluding tert-OH is 2. The summed E-state index contributed by atoms with van der Waals surface area (Å²) < 4.78 is 0. The molecule has 0 aliphatic heterocycles. The summed E-state index contributed by atoms with van der Waals surface area (Å²) in [5.41, 5.74) is 2.43. The van der Waals surface area contributed by atoms with Crippen molar-refractivity contribution in [2.24, 2.45) is 17.6 Å². The number of nitrogens with two attached hydrogens (primary N) is 1. The van der Waals surface area contributed by atoms with Crippen LogP contribution in [-0.4, -0.2) is 73.4 Å². The second-order valence-electron chi connectivity index (χ2n) is 7.81. The molecule has 0 spiro atoms. The summed E-state index contributed by atoms with van der Waals surface area (Å²) in [4.78, 5) is 47.8. The number of rotatable bonds is 2. The molecule has 4 atom stereocenters. The van der Waals surface area contributed by atoms with Gasteiger partial charge >= 0.3 is 0 Å². The Morgan fingerprint density at radius 3 is 2.52 bits per heavy atom. The van der Waals surface area contributed by atoms with E-state index in [1.807, 2.05) is 0 Å². The first-order valence-electron chi connectivity index (χ1n) is 9.05. The predicted molar refractivity (Wildman–Crippen MR) is 98.2 cm³/mol. The van der Waals surface area contributed by atoms with Gasteiger partial charge in [-0.1, -0.05) is 0 Å². The van der Waals surface area contributed by atoms with Crippen molar-refractivity contribution in [1.29, 1.82) is 0 Å². The Labute approximate surface area is 165 Å². The Balaban J connectivity index is 1.97. The minimum absolute atomic E-state index is 0.0982. The van der Waals surface area contributed by atoms with Crippen LogP contribution in [0.3, 0.4) is 0 Å². The molecule has 1 heterocycles. The van der Waals surface area contributed by atoms with Crippen molar-refractivity contribution in [3.05, 3.63) is 40.7 Å². The van der Waals surface area contributed by atoms with Crippen LogP contribution in [-0.2, 0) is 20.8 Å². The summed E-state index contributed by atoms with van der Waals surface area (Å²) in [7, 11) is 3.14. The van der Waals surface area contributed by atoms with E-state index in [0.29, 0.717) is 5.69 Å². The van der Waals surface area contributed by atoms with Crippen molar-refractivity contribution in [3.63, 3.8) is 0 Å². The third-order valence-corrected chi connectivity index (χ3v) is 6.06. The predicted octanol–water partition coefficient (Wildman–Crippen LogP) is -0.952. The maximum Gasteiger partial charge on any atom is 0.255 e. The first-order valence-corrected chi connectivity index (χ1v) is 9.05. The van der Waals surface area contributed by atoms with E-state index in [2.05, 4.69) is 9.97 Å². The summed E-state index contributed by atoms with van der Waals surface area (Å²) in [6, 6.07) is -1.06. The Kier molecular flexibility index (Phi) is 4.10. The van der Waals surface area contributed by atoms with E-state index in [4.69, 9.17) is 5.73 Å². The maximum atomic E-state index is 13.4. The average Bonchev–Trinajstić information content (AvgIpc) is 2.64. The summed E-state index contributed by atoms with van der Waals surface area (Å²) in [6.45, 7) is 0. The van der Waals surface area contributed by atoms with Gasteiger partial charge in [-0.15, -0.1) is 0 Å². The Bertz CT molecular complexity index is 1030. The number of aromatic nitrogens is 2. The number of carbonyl (C=O) groups is 3. The summed E-state index contributed by atoms with van der Waals surface area (Å²) >= 11 is 0. The van der Waals surface area contributed by atoms with Crippen LogP contribution in [0.25, 0.3) is 5.76 Å². The minimum Gasteiger partial charge on any atom is -0.508 e. The zero-order valence-electron chi connectivity index (χ0n) is 15.8. The van der Waals surface area contributed by atoms with Crippen molar-refractivity contribution in [1.82, 2.24) is 14.9 Å². The van der Waals surface area contributed by atoms with Crippen molar-refractivity contribution in [2.45, 2.75) is 24.5 Å². The lowest BCUT2D eigenvalue weighted by molar-refractivity contribution is -0.153. The molecule has 10 heteroatoms. The van der Waals surface area contributed by atoms with E-state index in [-0.39, 0.29) is 24.1 Å². The highest BCUT2D eigenvalue weighted by Gasteiger charge is 2.64. The molecule has 1 aromatic heterocycles. The van der Waals surface area contributed by atoms with Crippen LogP contribution in [0.4, 0.5) is 0 Å². The number of aliphatic hydroxyl groups is 3. The van der Waals surface area contributed by atoms with Crippen molar-refractivity contribution >= 4 is 23.2 Å². The van der Waals surface area contributed by atoms with E-state index >= 15 is 0 Å². The van der Waals surface area contributed by atoms with Gasteiger partial charge in [-0.05, 0) is 32.9 Å². The average molecular weight is 400 g/mol. The molecular weight excluding hydrogens is 380 g/mol. The van der Waals surface area contributed by atoms with Gasteiger partial charge in [0.05, 0.1) is 11.7 Å². The second kappa shape index (κ2) is 6.19. The number of ketones is 2. The zero-order chi connectivity index (χ0) is 21.2. The number of amides is 1. The highest BCUT2D eigenvalue weighted by Crippen LogP contribution is 2.51. The Morgan fingerprint density at radius 1 is 1.24 bits per heavy atom. The summed E-state index contributed by atoms with van der Waals surface area (Å²) in [5, 5.41) is 32.7. The Hall–Kier alpha value is -3.11. The number of hydrogen-bond acceptors (Lipinski definition) is 9. The van der Waals surface area contributed by atoms with E-state index < -0.39 is 58.0 Å². The van der Waals surface area contributed by atoms with Crippen molar-refractivity contribution in [3.8, 4) is 0 Å².